The maximum atomic E-state index is 12.7. The third-order valence-electron chi connectivity index (χ3n) is 9.06. The fourth-order valence-electron chi connectivity index (χ4n) is 5.94. The molecule has 0 radical (unpaired) electrons. The lowest BCUT2D eigenvalue weighted by atomic mass is 10.0. The van der Waals surface area contributed by atoms with Crippen molar-refractivity contribution < 1.29 is 33.1 Å². The fraction of sp³-hybridized carbons (Fsp3) is 0.921. The number of carboxylic acid groups (broad SMARTS) is 1. The van der Waals surface area contributed by atoms with Gasteiger partial charge in [0.2, 0.25) is 0 Å². The lowest BCUT2D eigenvalue weighted by Gasteiger charge is -2.23. The van der Waals surface area contributed by atoms with Crippen LogP contribution in [0.5, 0.6) is 0 Å². The first-order valence-electron chi connectivity index (χ1n) is 20.9. The van der Waals surface area contributed by atoms with Gasteiger partial charge in [0.25, 0.3) is 0 Å². The largest absolute Gasteiger partial charge is 0.465 e. The summed E-state index contributed by atoms with van der Waals surface area (Å²) in [4.78, 5) is 35.5. The van der Waals surface area contributed by atoms with Crippen molar-refractivity contribution in [1.82, 2.24) is 26.6 Å². The van der Waals surface area contributed by atoms with Gasteiger partial charge in [-0.15, -0.1) is 0 Å². The van der Waals surface area contributed by atoms with Crippen molar-refractivity contribution >= 4 is 25.9 Å². The van der Waals surface area contributed by atoms with Crippen LogP contribution < -0.4 is 32.1 Å². The van der Waals surface area contributed by atoms with Gasteiger partial charge in [0.1, 0.15) is 6.10 Å². The molecule has 0 aromatic heterocycles. The molecular weight excluding hydrogens is 683 g/mol. The lowest BCUT2D eigenvalue weighted by Crippen LogP contribution is -2.46. The number of unbranched alkanes of at least 4 members (excludes halogenated alkanes) is 24. The molecule has 0 aliphatic rings. The van der Waals surface area contributed by atoms with E-state index in [1.807, 2.05) is 0 Å². The van der Waals surface area contributed by atoms with Crippen molar-refractivity contribution in [2.75, 3.05) is 39.3 Å². The molecule has 0 aromatic rings. The quantitative estimate of drug-likeness (QED) is 0.0239. The van der Waals surface area contributed by atoms with Crippen LogP contribution in [0.1, 0.15) is 181 Å². The van der Waals surface area contributed by atoms with Crippen LogP contribution in [0.2, 0.25) is 0 Å². The second-order valence-corrected chi connectivity index (χ2v) is 15.6. The summed E-state index contributed by atoms with van der Waals surface area (Å²) in [5.74, 6) is 0. The molecule has 5 amide bonds. The molecule has 1 atom stereocenters. The standard InChI is InChI=1S/C38H79N6O7P/c1-3-5-7-9-11-13-15-17-19-21-23-25-27-29-40-36(45)43-33-35(51-52(39,49)50-32-31-42-38(47)48)34-44-37(46)41-30-28-26-24-22-20-18-16-14-12-10-8-6-4-2/h35,42H,3-34H2,1-2H3,(H2,39,49)(H,47,48)(H2,40,43,45)(H2,41,44,46). The van der Waals surface area contributed by atoms with E-state index < -0.39 is 32.0 Å². The molecule has 308 valence electrons. The first-order valence-corrected chi connectivity index (χ1v) is 22.5. The van der Waals surface area contributed by atoms with E-state index in [4.69, 9.17) is 19.7 Å². The molecule has 0 saturated carbocycles. The summed E-state index contributed by atoms with van der Waals surface area (Å²) in [5.41, 5.74) is 5.72. The van der Waals surface area contributed by atoms with Crippen molar-refractivity contribution in [1.29, 1.82) is 0 Å². The Kier molecular flexibility index (Phi) is 35.8. The molecule has 0 heterocycles. The van der Waals surface area contributed by atoms with E-state index in [-0.39, 0.29) is 26.2 Å². The molecule has 1 unspecified atom stereocenters. The molecule has 0 bridgehead atoms. The van der Waals surface area contributed by atoms with Crippen molar-refractivity contribution in [3.8, 4) is 0 Å². The third kappa shape index (κ3) is 37.7. The number of carbonyl (C=O) groups excluding carboxylic acids is 2. The summed E-state index contributed by atoms with van der Waals surface area (Å²) in [6, 6.07) is -0.810. The summed E-state index contributed by atoms with van der Waals surface area (Å²) in [6.45, 7) is 4.99. The van der Waals surface area contributed by atoms with Crippen molar-refractivity contribution in [2.24, 2.45) is 5.50 Å². The van der Waals surface area contributed by atoms with Gasteiger partial charge in [-0.25, -0.2) is 24.5 Å². The Bertz CT molecular complexity index is 854. The van der Waals surface area contributed by atoms with Crippen LogP contribution in [0.25, 0.3) is 0 Å². The molecule has 0 rings (SSSR count). The number of urea groups is 2. The molecule has 0 fully saturated rings. The Morgan fingerprint density at radius 1 is 0.519 bits per heavy atom. The summed E-state index contributed by atoms with van der Waals surface area (Å²) < 4.78 is 23.2. The van der Waals surface area contributed by atoms with Crippen LogP contribution in [0.4, 0.5) is 14.4 Å². The van der Waals surface area contributed by atoms with Gasteiger partial charge in [0.05, 0.1) is 6.61 Å². The highest BCUT2D eigenvalue weighted by molar-refractivity contribution is 7.51. The monoisotopic (exact) mass is 763 g/mol. The number of hydrogen-bond acceptors (Lipinski definition) is 6. The number of rotatable bonds is 38. The number of hydrogen-bond donors (Lipinski definition) is 7. The molecule has 0 aliphatic heterocycles. The number of amides is 5. The SMILES string of the molecule is CCCCCCCCCCCCCCCNC(=O)NCC(CNC(=O)NCCCCCCCCCCCCCCC)OP(N)(=O)OCCNC(=O)O. The fourth-order valence-corrected chi connectivity index (χ4v) is 6.91. The Hall–Kier alpha value is -2.08. The highest BCUT2D eigenvalue weighted by Crippen LogP contribution is 2.40. The zero-order chi connectivity index (χ0) is 38.4. The third-order valence-corrected chi connectivity index (χ3v) is 10.2. The molecule has 0 spiro atoms. The number of nitrogens with two attached hydrogens (primary N) is 1. The van der Waals surface area contributed by atoms with Crippen molar-refractivity contribution in [2.45, 2.75) is 187 Å². The van der Waals surface area contributed by atoms with Gasteiger partial charge in [-0.3, -0.25) is 9.05 Å². The Morgan fingerprint density at radius 2 is 0.846 bits per heavy atom. The van der Waals surface area contributed by atoms with E-state index in [0.717, 1.165) is 38.5 Å². The lowest BCUT2D eigenvalue weighted by molar-refractivity contribution is 0.142. The van der Waals surface area contributed by atoms with Gasteiger partial charge in [0, 0.05) is 32.7 Å². The average Bonchev–Trinajstić information content (AvgIpc) is 3.11. The van der Waals surface area contributed by atoms with E-state index in [2.05, 4.69) is 40.4 Å². The van der Waals surface area contributed by atoms with Crippen LogP contribution in [-0.4, -0.2) is 68.7 Å². The van der Waals surface area contributed by atoms with E-state index in [9.17, 15) is 18.9 Å². The smallest absolute Gasteiger partial charge is 0.404 e. The van der Waals surface area contributed by atoms with Crippen LogP contribution in [0, 0.1) is 0 Å². The van der Waals surface area contributed by atoms with Crippen LogP contribution in [0.3, 0.4) is 0 Å². The minimum absolute atomic E-state index is 0.0818. The topological polar surface area (TPSA) is 193 Å². The molecular formula is C38H79N6O7P. The molecule has 13 nitrogen and oxygen atoms in total. The molecule has 14 heteroatoms. The van der Waals surface area contributed by atoms with E-state index >= 15 is 0 Å². The van der Waals surface area contributed by atoms with Gasteiger partial charge in [0.15, 0.2) is 0 Å². The zero-order valence-corrected chi connectivity index (χ0v) is 34.0. The number of carbonyl (C=O) groups is 3. The van der Waals surface area contributed by atoms with Crippen LogP contribution in [0.15, 0.2) is 0 Å². The molecule has 8 N–H and O–H groups in total. The van der Waals surface area contributed by atoms with E-state index in [1.54, 1.807) is 0 Å². The van der Waals surface area contributed by atoms with Gasteiger partial charge < -0.3 is 31.7 Å². The van der Waals surface area contributed by atoms with Crippen LogP contribution >= 0.6 is 7.75 Å². The second kappa shape index (κ2) is 37.2. The highest BCUT2D eigenvalue weighted by atomic mass is 31.2. The second-order valence-electron chi connectivity index (χ2n) is 14.1. The Labute approximate surface area is 316 Å². The summed E-state index contributed by atoms with van der Waals surface area (Å²) in [7, 11) is -4.11. The minimum atomic E-state index is -4.11. The first-order chi connectivity index (χ1) is 25.2. The summed E-state index contributed by atoms with van der Waals surface area (Å²) >= 11 is 0. The predicted octanol–water partition coefficient (Wildman–Crippen LogP) is 9.50. The van der Waals surface area contributed by atoms with E-state index in [0.29, 0.717) is 13.1 Å². The normalized spacial score (nSPS) is 12.4. The predicted molar refractivity (Wildman–Crippen MR) is 213 cm³/mol. The van der Waals surface area contributed by atoms with Crippen molar-refractivity contribution in [3.05, 3.63) is 0 Å². The Balaban J connectivity index is 4.27. The van der Waals surface area contributed by atoms with E-state index in [1.165, 1.54) is 128 Å². The molecule has 0 aromatic carbocycles. The summed E-state index contributed by atoms with van der Waals surface area (Å²) in [6.07, 6.45) is 30.3. The van der Waals surface area contributed by atoms with Gasteiger partial charge in [-0.1, -0.05) is 168 Å². The van der Waals surface area contributed by atoms with Gasteiger partial charge in [-0.05, 0) is 12.8 Å². The molecule has 0 saturated heterocycles. The maximum Gasteiger partial charge on any atom is 0.404 e. The number of nitrogens with one attached hydrogen (secondary N) is 5. The van der Waals surface area contributed by atoms with Gasteiger partial charge >= 0.3 is 25.9 Å². The van der Waals surface area contributed by atoms with Gasteiger partial charge in [-0.2, -0.15) is 0 Å². The molecule has 52 heavy (non-hydrogen) atoms. The highest BCUT2D eigenvalue weighted by Gasteiger charge is 2.25. The Morgan fingerprint density at radius 3 is 1.17 bits per heavy atom. The van der Waals surface area contributed by atoms with Crippen molar-refractivity contribution in [3.63, 3.8) is 0 Å². The average molecular weight is 763 g/mol. The minimum Gasteiger partial charge on any atom is -0.465 e. The summed E-state index contributed by atoms with van der Waals surface area (Å²) in [5, 5.41) is 21.8. The van der Waals surface area contributed by atoms with Crippen LogP contribution in [-0.2, 0) is 13.6 Å². The molecule has 0 aliphatic carbocycles. The first kappa shape index (κ1) is 49.9. The maximum absolute atomic E-state index is 12.7. The zero-order valence-electron chi connectivity index (χ0n) is 33.1.